The van der Waals surface area contributed by atoms with Gasteiger partial charge in [0, 0.05) is 18.5 Å². The van der Waals surface area contributed by atoms with Crippen LogP contribution in [0, 0.1) is 5.82 Å². The fraction of sp³-hybridized carbons (Fsp3) is 0.471. The van der Waals surface area contributed by atoms with Gasteiger partial charge in [-0.25, -0.2) is 9.37 Å². The highest BCUT2D eigenvalue weighted by Crippen LogP contribution is 2.23. The molecule has 0 saturated heterocycles. The summed E-state index contributed by atoms with van der Waals surface area (Å²) in [5.41, 5.74) is 1.05. The summed E-state index contributed by atoms with van der Waals surface area (Å²) < 4.78 is 31.6. The zero-order valence-electron chi connectivity index (χ0n) is 14.2. The zero-order chi connectivity index (χ0) is 17.6. The van der Waals surface area contributed by atoms with Gasteiger partial charge in [-0.05, 0) is 46.2 Å². The summed E-state index contributed by atoms with van der Waals surface area (Å²) in [6, 6.07) is 2.52. The average molecular weight is 349 g/mol. The highest BCUT2D eigenvalue weighted by Gasteiger charge is 2.27. The van der Waals surface area contributed by atoms with E-state index in [1.807, 2.05) is 20.8 Å². The van der Waals surface area contributed by atoms with E-state index in [-0.39, 0.29) is 10.9 Å². The quantitative estimate of drug-likeness (QED) is 0.618. The fourth-order valence-corrected chi connectivity index (χ4v) is 3.36. The normalized spacial score (nSPS) is 16.5. The van der Waals surface area contributed by atoms with E-state index in [4.69, 9.17) is 0 Å². The molecule has 0 fully saturated rings. The topological polar surface area (TPSA) is 70.3 Å². The molecule has 0 amide bonds. The molecule has 0 saturated carbocycles. The second kappa shape index (κ2) is 5.97. The van der Waals surface area contributed by atoms with Crippen molar-refractivity contribution in [2.24, 2.45) is 4.40 Å². The SMILES string of the molecule is CC(=N[S+]([O-])C(C)(C)C)c1cc(F)cc2c(=O)n3c(nc12)CCC3. The monoisotopic (exact) mass is 349 g/mol. The van der Waals surface area contributed by atoms with E-state index >= 15 is 0 Å². The molecule has 7 heteroatoms. The standard InChI is InChI=1S/C17H20FN3O2S/c1-10(20-24(23)17(2,3)4)12-8-11(18)9-13-15(12)19-14-6-5-7-21(14)16(13)22/h8-9H,5-7H2,1-4H3. The maximum atomic E-state index is 14.1. The van der Waals surface area contributed by atoms with Gasteiger partial charge in [0.05, 0.1) is 16.6 Å². The second-order valence-electron chi connectivity index (χ2n) is 6.98. The molecule has 1 unspecified atom stereocenters. The Labute approximate surface area is 142 Å². The van der Waals surface area contributed by atoms with Crippen LogP contribution in [0.15, 0.2) is 21.3 Å². The van der Waals surface area contributed by atoms with E-state index < -0.39 is 21.9 Å². The molecule has 2 aromatic rings. The van der Waals surface area contributed by atoms with Crippen molar-refractivity contribution in [1.82, 2.24) is 9.55 Å². The first-order valence-electron chi connectivity index (χ1n) is 7.89. The molecule has 1 aliphatic rings. The molecule has 1 atom stereocenters. The predicted molar refractivity (Wildman–Crippen MR) is 94.4 cm³/mol. The molecule has 0 bridgehead atoms. The lowest BCUT2D eigenvalue weighted by Gasteiger charge is -2.19. The smallest absolute Gasteiger partial charge is 0.261 e. The molecule has 24 heavy (non-hydrogen) atoms. The lowest BCUT2D eigenvalue weighted by molar-refractivity contribution is 0.561. The zero-order valence-corrected chi connectivity index (χ0v) is 15.0. The maximum absolute atomic E-state index is 14.1. The van der Waals surface area contributed by atoms with Crippen LogP contribution in [-0.2, 0) is 24.3 Å². The van der Waals surface area contributed by atoms with Gasteiger partial charge in [-0.1, -0.05) is 4.40 Å². The predicted octanol–water partition coefficient (Wildman–Crippen LogP) is 2.75. The Morgan fingerprint density at radius 2 is 2.12 bits per heavy atom. The molecule has 0 spiro atoms. The summed E-state index contributed by atoms with van der Waals surface area (Å²) in [5, 5.41) is 0.242. The van der Waals surface area contributed by atoms with Crippen molar-refractivity contribution < 1.29 is 8.94 Å². The largest absolute Gasteiger partial charge is 0.591 e. The number of hydrogen-bond acceptors (Lipinski definition) is 4. The van der Waals surface area contributed by atoms with Gasteiger partial charge < -0.3 is 4.55 Å². The van der Waals surface area contributed by atoms with Gasteiger partial charge in [0.1, 0.15) is 27.8 Å². The van der Waals surface area contributed by atoms with Crippen molar-refractivity contribution >= 4 is 28.0 Å². The second-order valence-corrected chi connectivity index (χ2v) is 8.88. The fourth-order valence-electron chi connectivity index (χ4n) is 2.74. The van der Waals surface area contributed by atoms with Crippen LogP contribution >= 0.6 is 0 Å². The summed E-state index contributed by atoms with van der Waals surface area (Å²) in [5.74, 6) is 0.191. The third-order valence-corrected chi connectivity index (χ3v) is 5.51. The highest BCUT2D eigenvalue weighted by molar-refractivity contribution is 7.91. The van der Waals surface area contributed by atoms with Gasteiger partial charge in [-0.15, -0.1) is 0 Å². The number of rotatable bonds is 2. The van der Waals surface area contributed by atoms with Crippen molar-refractivity contribution in [2.75, 3.05) is 0 Å². The number of aromatic nitrogens is 2. The molecule has 5 nitrogen and oxygen atoms in total. The third-order valence-electron chi connectivity index (χ3n) is 4.02. The molecular weight excluding hydrogens is 329 g/mol. The van der Waals surface area contributed by atoms with E-state index in [0.717, 1.165) is 12.8 Å². The van der Waals surface area contributed by atoms with Crippen molar-refractivity contribution in [2.45, 2.75) is 51.8 Å². The molecule has 128 valence electrons. The summed E-state index contributed by atoms with van der Waals surface area (Å²) >= 11 is -1.47. The van der Waals surface area contributed by atoms with Gasteiger partial charge >= 0.3 is 0 Å². The van der Waals surface area contributed by atoms with Gasteiger partial charge in [0.2, 0.25) is 0 Å². The minimum Gasteiger partial charge on any atom is -0.591 e. The van der Waals surface area contributed by atoms with Crippen LogP contribution in [0.2, 0.25) is 0 Å². The van der Waals surface area contributed by atoms with Crippen molar-refractivity contribution in [3.05, 3.63) is 39.7 Å². The molecule has 3 rings (SSSR count). The summed E-state index contributed by atoms with van der Waals surface area (Å²) in [6.45, 7) is 7.75. The van der Waals surface area contributed by atoms with E-state index in [1.165, 1.54) is 12.1 Å². The Hall–Kier alpha value is -1.73. The van der Waals surface area contributed by atoms with Crippen LogP contribution in [0.1, 0.15) is 45.5 Å². The molecule has 0 N–H and O–H groups in total. The highest BCUT2D eigenvalue weighted by atomic mass is 32.2. The van der Waals surface area contributed by atoms with Crippen molar-refractivity contribution in [3.8, 4) is 0 Å². The van der Waals surface area contributed by atoms with Crippen molar-refractivity contribution in [1.29, 1.82) is 0 Å². The van der Waals surface area contributed by atoms with Crippen molar-refractivity contribution in [3.63, 3.8) is 0 Å². The Morgan fingerprint density at radius 3 is 2.79 bits per heavy atom. The number of fused-ring (bicyclic) bond motifs is 2. The third kappa shape index (κ3) is 2.98. The van der Waals surface area contributed by atoms with Gasteiger partial charge in [0.15, 0.2) is 0 Å². The molecule has 2 heterocycles. The van der Waals surface area contributed by atoms with Crippen LogP contribution in [0.5, 0.6) is 0 Å². The number of aryl methyl sites for hydroxylation is 1. The molecular formula is C17H20FN3O2S. The summed E-state index contributed by atoms with van der Waals surface area (Å²) in [4.78, 5) is 17.1. The van der Waals surface area contributed by atoms with Crippen LogP contribution in [0.25, 0.3) is 10.9 Å². The Morgan fingerprint density at radius 1 is 1.42 bits per heavy atom. The van der Waals surface area contributed by atoms with E-state index in [2.05, 4.69) is 9.38 Å². The first kappa shape index (κ1) is 17.1. The van der Waals surface area contributed by atoms with Crippen LogP contribution in [-0.4, -0.2) is 24.6 Å². The van der Waals surface area contributed by atoms with E-state index in [9.17, 15) is 13.7 Å². The molecule has 0 aliphatic carbocycles. The number of hydrogen-bond donors (Lipinski definition) is 0. The first-order chi connectivity index (χ1) is 11.2. The molecule has 1 aromatic heterocycles. The van der Waals surface area contributed by atoms with Crippen LogP contribution < -0.4 is 5.56 Å². The first-order valence-corrected chi connectivity index (χ1v) is 9.00. The molecule has 0 radical (unpaired) electrons. The molecule has 1 aromatic carbocycles. The molecule has 1 aliphatic heterocycles. The lowest BCUT2D eigenvalue weighted by atomic mass is 10.1. The Bertz CT molecular complexity index is 899. The maximum Gasteiger partial charge on any atom is 0.261 e. The minimum absolute atomic E-state index is 0.224. The van der Waals surface area contributed by atoms with Gasteiger partial charge in [0.25, 0.3) is 5.56 Å². The van der Waals surface area contributed by atoms with Gasteiger partial charge in [-0.2, -0.15) is 0 Å². The average Bonchev–Trinajstić information content (AvgIpc) is 2.95. The van der Waals surface area contributed by atoms with E-state index in [1.54, 1.807) is 11.5 Å². The minimum atomic E-state index is -1.47. The van der Waals surface area contributed by atoms with Crippen LogP contribution in [0.4, 0.5) is 4.39 Å². The van der Waals surface area contributed by atoms with E-state index in [0.29, 0.717) is 29.2 Å². The lowest BCUT2D eigenvalue weighted by Crippen LogP contribution is -2.27. The van der Waals surface area contributed by atoms with Crippen LogP contribution in [0.3, 0.4) is 0 Å². The Balaban J connectivity index is 2.24. The number of benzene rings is 1. The number of halogens is 1. The Kier molecular flexibility index (Phi) is 4.25. The summed E-state index contributed by atoms with van der Waals surface area (Å²) in [6.07, 6.45) is 1.59. The van der Waals surface area contributed by atoms with Gasteiger partial charge in [-0.3, -0.25) is 9.36 Å². The number of nitrogens with zero attached hydrogens (tertiary/aromatic N) is 3. The summed E-state index contributed by atoms with van der Waals surface area (Å²) in [7, 11) is 0.